The molecule has 0 aliphatic heterocycles. The maximum atomic E-state index is 12.0. The van der Waals surface area contributed by atoms with Gasteiger partial charge in [-0.3, -0.25) is 0 Å². The maximum Gasteiger partial charge on any atom is 0.335 e. The monoisotopic (exact) mass is 323 g/mol. The first-order chi connectivity index (χ1) is 9.94. The molecule has 0 amide bonds. The Labute approximate surface area is 127 Å². The highest BCUT2D eigenvalue weighted by atomic mass is 32.2. The van der Waals surface area contributed by atoms with Crippen LogP contribution in [-0.2, 0) is 10.0 Å². The number of hydrogen-bond donors (Lipinski definition) is 2. The van der Waals surface area contributed by atoms with Crippen LogP contribution in [-0.4, -0.2) is 26.5 Å². The molecular formula is C14H13NO4S2. The summed E-state index contributed by atoms with van der Waals surface area (Å²) >= 11 is 1.21. The first-order valence-corrected chi connectivity index (χ1v) is 8.28. The molecule has 0 heterocycles. The van der Waals surface area contributed by atoms with Crippen molar-refractivity contribution in [2.75, 3.05) is 7.05 Å². The number of carbonyl (C=O) groups is 1. The molecule has 0 aliphatic rings. The minimum absolute atomic E-state index is 0.161. The molecule has 2 N–H and O–H groups in total. The molecule has 0 aromatic heterocycles. The highest BCUT2D eigenvalue weighted by molar-refractivity contribution is 8.00. The van der Waals surface area contributed by atoms with Crippen LogP contribution >= 0.6 is 11.8 Å². The van der Waals surface area contributed by atoms with Gasteiger partial charge in [0.25, 0.3) is 0 Å². The van der Waals surface area contributed by atoms with Crippen LogP contribution in [0.15, 0.2) is 63.2 Å². The van der Waals surface area contributed by atoms with Gasteiger partial charge in [-0.05, 0) is 37.4 Å². The summed E-state index contributed by atoms with van der Waals surface area (Å²) in [5, 5.41) is 8.98. The molecule has 0 saturated carbocycles. The van der Waals surface area contributed by atoms with E-state index in [0.29, 0.717) is 9.79 Å². The lowest BCUT2D eigenvalue weighted by Gasteiger charge is -2.09. The van der Waals surface area contributed by atoms with Crippen molar-refractivity contribution in [1.82, 2.24) is 4.72 Å². The molecule has 0 atom stereocenters. The van der Waals surface area contributed by atoms with Crippen LogP contribution < -0.4 is 4.72 Å². The standard InChI is InChI=1S/C14H13NO4S2/c1-15-21(18,19)13-8-3-2-7-12(13)20-11-6-4-5-10(9-11)14(16)17/h2-9,15H,1H3,(H,16,17). The number of carboxylic acids is 1. The molecule has 110 valence electrons. The molecule has 2 aromatic rings. The molecule has 0 aliphatic carbocycles. The van der Waals surface area contributed by atoms with E-state index in [1.165, 1.54) is 37.0 Å². The first-order valence-electron chi connectivity index (χ1n) is 5.98. The van der Waals surface area contributed by atoms with Crippen LogP contribution in [0.5, 0.6) is 0 Å². The zero-order valence-corrected chi connectivity index (χ0v) is 12.7. The molecule has 0 spiro atoms. The van der Waals surface area contributed by atoms with Gasteiger partial charge in [-0.2, -0.15) is 0 Å². The zero-order valence-electron chi connectivity index (χ0n) is 11.1. The summed E-state index contributed by atoms with van der Waals surface area (Å²) in [6.45, 7) is 0. The molecular weight excluding hydrogens is 310 g/mol. The number of aromatic carboxylic acids is 1. The maximum absolute atomic E-state index is 12.0. The fourth-order valence-corrected chi connectivity index (χ4v) is 3.85. The summed E-state index contributed by atoms with van der Waals surface area (Å²) in [6.07, 6.45) is 0. The van der Waals surface area contributed by atoms with Crippen molar-refractivity contribution < 1.29 is 18.3 Å². The first kappa shape index (κ1) is 15.6. The summed E-state index contributed by atoms with van der Waals surface area (Å²) in [5.74, 6) is -1.02. The van der Waals surface area contributed by atoms with Gasteiger partial charge in [-0.15, -0.1) is 0 Å². The summed E-state index contributed by atoms with van der Waals surface area (Å²) < 4.78 is 26.2. The van der Waals surface area contributed by atoms with Crippen LogP contribution in [0.4, 0.5) is 0 Å². The molecule has 0 unspecified atom stereocenters. The third-order valence-corrected chi connectivity index (χ3v) is 5.38. The van der Waals surface area contributed by atoms with Crippen LogP contribution in [0.1, 0.15) is 10.4 Å². The number of benzene rings is 2. The van der Waals surface area contributed by atoms with Gasteiger partial charge in [0, 0.05) is 9.79 Å². The quantitative estimate of drug-likeness (QED) is 0.883. The molecule has 5 nitrogen and oxygen atoms in total. The Bertz CT molecular complexity index is 772. The van der Waals surface area contributed by atoms with E-state index in [0.717, 1.165) is 0 Å². The highest BCUT2D eigenvalue weighted by Crippen LogP contribution is 2.32. The van der Waals surface area contributed by atoms with Crippen molar-refractivity contribution in [3.8, 4) is 0 Å². The second-order valence-electron chi connectivity index (χ2n) is 4.09. The van der Waals surface area contributed by atoms with Crippen LogP contribution in [0.2, 0.25) is 0 Å². The van der Waals surface area contributed by atoms with Gasteiger partial charge in [-0.25, -0.2) is 17.9 Å². The predicted octanol–water partition coefficient (Wildman–Crippen LogP) is 2.44. The van der Waals surface area contributed by atoms with Crippen molar-refractivity contribution in [1.29, 1.82) is 0 Å². The highest BCUT2D eigenvalue weighted by Gasteiger charge is 2.17. The predicted molar refractivity (Wildman–Crippen MR) is 80.2 cm³/mol. The molecule has 7 heteroatoms. The second kappa shape index (κ2) is 6.30. The molecule has 0 saturated heterocycles. The lowest BCUT2D eigenvalue weighted by molar-refractivity contribution is 0.0696. The fraction of sp³-hybridized carbons (Fsp3) is 0.0714. The molecule has 2 rings (SSSR count). The molecule has 0 fully saturated rings. The number of carboxylic acid groups (broad SMARTS) is 1. The Balaban J connectivity index is 2.41. The minimum Gasteiger partial charge on any atom is -0.478 e. The molecule has 2 aromatic carbocycles. The van der Waals surface area contributed by atoms with Gasteiger partial charge >= 0.3 is 5.97 Å². The Morgan fingerprint density at radius 2 is 1.86 bits per heavy atom. The largest absolute Gasteiger partial charge is 0.478 e. The number of rotatable bonds is 5. The van der Waals surface area contributed by atoms with E-state index in [4.69, 9.17) is 5.11 Å². The third kappa shape index (κ3) is 3.63. The third-order valence-electron chi connectivity index (χ3n) is 2.72. The Morgan fingerprint density at radius 3 is 2.52 bits per heavy atom. The average molecular weight is 323 g/mol. The molecule has 0 bridgehead atoms. The smallest absolute Gasteiger partial charge is 0.335 e. The lowest BCUT2D eigenvalue weighted by atomic mass is 10.2. The second-order valence-corrected chi connectivity index (χ2v) is 7.06. The van der Waals surface area contributed by atoms with Gasteiger partial charge in [-0.1, -0.05) is 30.0 Å². The summed E-state index contributed by atoms with van der Waals surface area (Å²) in [6, 6.07) is 12.9. The van der Waals surface area contributed by atoms with E-state index in [-0.39, 0.29) is 10.5 Å². The fourth-order valence-electron chi connectivity index (χ4n) is 1.69. The number of sulfonamides is 1. The van der Waals surface area contributed by atoms with Gasteiger partial charge in [0.1, 0.15) is 0 Å². The van der Waals surface area contributed by atoms with Crippen molar-refractivity contribution in [2.24, 2.45) is 0 Å². The van der Waals surface area contributed by atoms with E-state index in [1.807, 2.05) is 0 Å². The normalized spacial score (nSPS) is 11.3. The minimum atomic E-state index is -3.56. The van der Waals surface area contributed by atoms with E-state index < -0.39 is 16.0 Å². The number of nitrogens with one attached hydrogen (secondary N) is 1. The Morgan fingerprint density at radius 1 is 1.14 bits per heavy atom. The average Bonchev–Trinajstić information content (AvgIpc) is 2.48. The van der Waals surface area contributed by atoms with E-state index >= 15 is 0 Å². The van der Waals surface area contributed by atoms with Gasteiger partial charge in [0.15, 0.2) is 0 Å². The number of hydrogen-bond acceptors (Lipinski definition) is 4. The zero-order chi connectivity index (χ0) is 15.5. The van der Waals surface area contributed by atoms with E-state index in [9.17, 15) is 13.2 Å². The van der Waals surface area contributed by atoms with Crippen molar-refractivity contribution >= 4 is 27.8 Å². The SMILES string of the molecule is CNS(=O)(=O)c1ccccc1Sc1cccc(C(=O)O)c1. The molecule has 0 radical (unpaired) electrons. The lowest BCUT2D eigenvalue weighted by Crippen LogP contribution is -2.19. The van der Waals surface area contributed by atoms with Crippen LogP contribution in [0, 0.1) is 0 Å². The Hall–Kier alpha value is -1.83. The van der Waals surface area contributed by atoms with Gasteiger partial charge in [0.05, 0.1) is 10.5 Å². The van der Waals surface area contributed by atoms with Crippen molar-refractivity contribution in [3.05, 3.63) is 54.1 Å². The van der Waals surface area contributed by atoms with Crippen LogP contribution in [0.3, 0.4) is 0 Å². The molecule has 21 heavy (non-hydrogen) atoms. The van der Waals surface area contributed by atoms with Crippen molar-refractivity contribution in [2.45, 2.75) is 14.7 Å². The summed E-state index contributed by atoms with van der Waals surface area (Å²) in [5.41, 5.74) is 0.161. The summed E-state index contributed by atoms with van der Waals surface area (Å²) in [7, 11) is -2.21. The van der Waals surface area contributed by atoms with Gasteiger partial charge in [0.2, 0.25) is 10.0 Å². The van der Waals surface area contributed by atoms with E-state index in [1.54, 1.807) is 30.3 Å². The topological polar surface area (TPSA) is 83.5 Å². The summed E-state index contributed by atoms with van der Waals surface area (Å²) in [4.78, 5) is 12.3. The van der Waals surface area contributed by atoms with E-state index in [2.05, 4.69) is 4.72 Å². The van der Waals surface area contributed by atoms with Gasteiger partial charge < -0.3 is 5.11 Å². The van der Waals surface area contributed by atoms with Crippen molar-refractivity contribution in [3.63, 3.8) is 0 Å². The Kier molecular flexibility index (Phi) is 4.66. The van der Waals surface area contributed by atoms with Crippen LogP contribution in [0.25, 0.3) is 0 Å².